The fraction of sp³-hybridized carbons (Fsp3) is 0.556. The minimum atomic E-state index is -0.160. The Hall–Kier alpha value is -1.68. The molecular weight excluding hydrogens is 276 g/mol. The zero-order chi connectivity index (χ0) is 15.7. The van der Waals surface area contributed by atoms with Crippen LogP contribution in [0.15, 0.2) is 23.2 Å². The number of hydrogen-bond donors (Lipinski definition) is 0. The van der Waals surface area contributed by atoms with Gasteiger partial charge in [0.05, 0.1) is 5.56 Å². The molecule has 2 aliphatic rings. The molecule has 4 heteroatoms. The summed E-state index contributed by atoms with van der Waals surface area (Å²) in [5, 5.41) is 0. The maximum Gasteiger partial charge on any atom is 0.277 e. The summed E-state index contributed by atoms with van der Waals surface area (Å²) < 4.78 is 6.06. The highest BCUT2D eigenvalue weighted by molar-refractivity contribution is 6.13. The zero-order valence-electron chi connectivity index (χ0n) is 13.6. The van der Waals surface area contributed by atoms with Gasteiger partial charge in [0.15, 0.2) is 0 Å². The van der Waals surface area contributed by atoms with Crippen molar-refractivity contribution in [3.63, 3.8) is 0 Å². The summed E-state index contributed by atoms with van der Waals surface area (Å²) in [7, 11) is 0. The summed E-state index contributed by atoms with van der Waals surface area (Å²) in [5.74, 6) is 0.657. The lowest BCUT2D eigenvalue weighted by molar-refractivity contribution is 0.0112. The molecule has 1 aromatic carbocycles. The van der Waals surface area contributed by atoms with Crippen molar-refractivity contribution in [3.8, 4) is 5.75 Å². The minimum Gasteiger partial charge on any atom is -0.492 e. The summed E-state index contributed by atoms with van der Waals surface area (Å²) in [4.78, 5) is 17.8. The number of likely N-dealkylation sites (N-methyl/N-ethyl adjacent to an activating group) is 1. The van der Waals surface area contributed by atoms with Gasteiger partial charge in [0.1, 0.15) is 12.4 Å². The first-order valence-corrected chi connectivity index (χ1v) is 8.10. The first-order valence-electron chi connectivity index (χ1n) is 8.10. The molecule has 0 spiro atoms. The molecule has 3 rings (SSSR count). The Labute approximate surface area is 132 Å². The molecular formula is C18H24N2O2. The predicted octanol–water partition coefficient (Wildman–Crippen LogP) is 3.15. The fourth-order valence-electron chi connectivity index (χ4n) is 3.57. The van der Waals surface area contributed by atoms with Crippen molar-refractivity contribution < 1.29 is 9.53 Å². The van der Waals surface area contributed by atoms with Crippen LogP contribution in [0, 0.1) is 5.41 Å². The van der Waals surface area contributed by atoms with E-state index in [-0.39, 0.29) is 11.3 Å². The number of nitrogens with zero attached hydrogens (tertiary/aromatic N) is 2. The van der Waals surface area contributed by atoms with Crippen LogP contribution in [0.5, 0.6) is 5.75 Å². The third-order valence-corrected chi connectivity index (χ3v) is 5.00. The van der Waals surface area contributed by atoms with Crippen LogP contribution in [0.2, 0.25) is 0 Å². The molecule has 2 heterocycles. The van der Waals surface area contributed by atoms with Crippen LogP contribution < -0.4 is 4.74 Å². The largest absolute Gasteiger partial charge is 0.492 e. The second kappa shape index (κ2) is 5.84. The van der Waals surface area contributed by atoms with Crippen LogP contribution in [0.3, 0.4) is 0 Å². The summed E-state index contributed by atoms with van der Waals surface area (Å²) in [6, 6.07) is 6.02. The van der Waals surface area contributed by atoms with Crippen LogP contribution in [0.1, 0.15) is 49.5 Å². The Kier molecular flexibility index (Phi) is 4.04. The Morgan fingerprint density at radius 1 is 1.41 bits per heavy atom. The second-order valence-corrected chi connectivity index (χ2v) is 6.86. The van der Waals surface area contributed by atoms with Crippen LogP contribution >= 0.6 is 0 Å². The number of rotatable bonds is 4. The van der Waals surface area contributed by atoms with E-state index in [4.69, 9.17) is 4.74 Å². The van der Waals surface area contributed by atoms with Crippen molar-refractivity contribution in [2.75, 3.05) is 19.7 Å². The normalized spacial score (nSPS) is 23.6. The van der Waals surface area contributed by atoms with Crippen molar-refractivity contribution in [3.05, 3.63) is 29.3 Å². The van der Waals surface area contributed by atoms with Gasteiger partial charge >= 0.3 is 0 Å². The zero-order valence-corrected chi connectivity index (χ0v) is 13.6. The standard InChI is InChI=1S/C18H24N2O2/c1-4-20-9-5-8-18(2,3)16(20)12-22-14-6-7-15-13(10-14)11-19-17(15)21/h6-7,10-11,16H,4-5,8-9,12H2,1-3H3. The number of ether oxygens (including phenoxy) is 1. The molecule has 1 amide bonds. The molecule has 1 unspecified atom stereocenters. The number of piperidine rings is 1. The van der Waals surface area contributed by atoms with Crippen molar-refractivity contribution in [2.45, 2.75) is 39.7 Å². The molecule has 4 nitrogen and oxygen atoms in total. The highest BCUT2D eigenvalue weighted by Gasteiger charge is 2.37. The lowest BCUT2D eigenvalue weighted by Crippen LogP contribution is -2.52. The van der Waals surface area contributed by atoms with E-state index in [1.165, 1.54) is 12.8 Å². The Morgan fingerprint density at radius 3 is 3.00 bits per heavy atom. The van der Waals surface area contributed by atoms with Gasteiger partial charge in [-0.05, 0) is 49.5 Å². The van der Waals surface area contributed by atoms with Gasteiger partial charge in [0.2, 0.25) is 0 Å². The van der Waals surface area contributed by atoms with Crippen molar-refractivity contribution >= 4 is 12.1 Å². The monoisotopic (exact) mass is 300 g/mol. The number of carbonyl (C=O) groups excluding carboxylic acids is 1. The molecule has 0 radical (unpaired) electrons. The van der Waals surface area contributed by atoms with E-state index in [0.717, 1.165) is 24.4 Å². The van der Waals surface area contributed by atoms with Crippen LogP contribution in [0.4, 0.5) is 0 Å². The molecule has 1 aromatic rings. The van der Waals surface area contributed by atoms with Gasteiger partial charge in [-0.25, -0.2) is 4.99 Å². The quantitative estimate of drug-likeness (QED) is 0.858. The van der Waals surface area contributed by atoms with E-state index in [1.54, 1.807) is 6.21 Å². The van der Waals surface area contributed by atoms with Crippen molar-refractivity contribution in [1.29, 1.82) is 0 Å². The van der Waals surface area contributed by atoms with E-state index in [1.807, 2.05) is 18.2 Å². The number of benzene rings is 1. The molecule has 0 saturated carbocycles. The van der Waals surface area contributed by atoms with Gasteiger partial charge in [-0.1, -0.05) is 20.8 Å². The predicted molar refractivity (Wildman–Crippen MR) is 87.9 cm³/mol. The van der Waals surface area contributed by atoms with Crippen molar-refractivity contribution in [1.82, 2.24) is 4.90 Å². The van der Waals surface area contributed by atoms with Gasteiger partial charge in [-0.2, -0.15) is 0 Å². The number of fused-ring (bicyclic) bond motifs is 1. The smallest absolute Gasteiger partial charge is 0.277 e. The molecule has 0 aliphatic carbocycles. The van der Waals surface area contributed by atoms with Crippen LogP contribution in [-0.2, 0) is 0 Å². The molecule has 22 heavy (non-hydrogen) atoms. The van der Waals surface area contributed by atoms with E-state index in [9.17, 15) is 4.79 Å². The molecule has 2 aliphatic heterocycles. The molecule has 0 aromatic heterocycles. The van der Waals surface area contributed by atoms with E-state index < -0.39 is 0 Å². The molecule has 0 N–H and O–H groups in total. The molecule has 0 bridgehead atoms. The van der Waals surface area contributed by atoms with E-state index >= 15 is 0 Å². The Bertz CT molecular complexity index is 607. The first-order chi connectivity index (χ1) is 10.5. The fourth-order valence-corrected chi connectivity index (χ4v) is 3.57. The van der Waals surface area contributed by atoms with Gasteiger partial charge in [0.25, 0.3) is 5.91 Å². The second-order valence-electron chi connectivity index (χ2n) is 6.86. The Balaban J connectivity index is 1.71. The third-order valence-electron chi connectivity index (χ3n) is 5.00. The van der Waals surface area contributed by atoms with Crippen LogP contribution in [0.25, 0.3) is 0 Å². The Morgan fingerprint density at radius 2 is 2.23 bits per heavy atom. The number of hydrogen-bond acceptors (Lipinski definition) is 3. The lowest BCUT2D eigenvalue weighted by atomic mass is 9.76. The topological polar surface area (TPSA) is 41.9 Å². The maximum atomic E-state index is 11.5. The maximum absolute atomic E-state index is 11.5. The summed E-state index contributed by atoms with van der Waals surface area (Å²) in [5.41, 5.74) is 1.79. The molecule has 1 fully saturated rings. The number of carbonyl (C=O) groups is 1. The SMILES string of the molecule is CCN1CCCC(C)(C)C1COc1ccc2c(c1)C=NC2=O. The van der Waals surface area contributed by atoms with Gasteiger partial charge in [-0.3, -0.25) is 9.69 Å². The molecule has 118 valence electrons. The van der Waals surface area contributed by atoms with Crippen molar-refractivity contribution in [2.24, 2.45) is 10.4 Å². The third kappa shape index (κ3) is 2.80. The number of aliphatic imine (C=N–C) groups is 1. The average molecular weight is 300 g/mol. The van der Waals surface area contributed by atoms with E-state index in [2.05, 4.69) is 30.7 Å². The van der Waals surface area contributed by atoms with Gasteiger partial charge in [0, 0.05) is 17.8 Å². The number of likely N-dealkylation sites (tertiary alicyclic amines) is 1. The average Bonchev–Trinajstić information content (AvgIpc) is 2.86. The first kappa shape index (κ1) is 15.2. The summed E-state index contributed by atoms with van der Waals surface area (Å²) in [6.45, 7) is 9.77. The highest BCUT2D eigenvalue weighted by Crippen LogP contribution is 2.35. The van der Waals surface area contributed by atoms with Crippen LogP contribution in [-0.4, -0.2) is 42.8 Å². The van der Waals surface area contributed by atoms with E-state index in [0.29, 0.717) is 18.2 Å². The highest BCUT2D eigenvalue weighted by atomic mass is 16.5. The molecule has 1 atom stereocenters. The van der Waals surface area contributed by atoms with Gasteiger partial charge < -0.3 is 4.74 Å². The number of amides is 1. The van der Waals surface area contributed by atoms with Gasteiger partial charge in [-0.15, -0.1) is 0 Å². The summed E-state index contributed by atoms with van der Waals surface area (Å²) in [6.07, 6.45) is 4.12. The lowest BCUT2D eigenvalue weighted by Gasteiger charge is -2.46. The molecule has 1 saturated heterocycles. The summed E-state index contributed by atoms with van der Waals surface area (Å²) >= 11 is 0. The minimum absolute atomic E-state index is 0.160.